The van der Waals surface area contributed by atoms with Gasteiger partial charge < -0.3 is 16.4 Å². The van der Waals surface area contributed by atoms with E-state index in [4.69, 9.17) is 11.0 Å². The predicted octanol–water partition coefficient (Wildman–Crippen LogP) is 2.44. The van der Waals surface area contributed by atoms with Crippen molar-refractivity contribution in [2.24, 2.45) is 5.73 Å². The third-order valence-electron chi connectivity index (χ3n) is 3.26. The van der Waals surface area contributed by atoms with E-state index in [0.29, 0.717) is 11.3 Å². The molecular weight excluding hydrogens is 311 g/mol. The molecule has 0 spiro atoms. The van der Waals surface area contributed by atoms with E-state index >= 15 is 0 Å². The third-order valence-corrected chi connectivity index (χ3v) is 3.26. The van der Waals surface area contributed by atoms with Crippen molar-refractivity contribution in [1.82, 2.24) is 5.32 Å². The molecule has 0 saturated carbocycles. The Morgan fingerprint density at radius 1 is 1.21 bits per heavy atom. The second-order valence-corrected chi connectivity index (χ2v) is 5.03. The van der Waals surface area contributed by atoms with Crippen molar-refractivity contribution in [1.29, 1.82) is 5.26 Å². The van der Waals surface area contributed by atoms with Crippen LogP contribution in [0.5, 0.6) is 0 Å². The van der Waals surface area contributed by atoms with Gasteiger partial charge in [0.2, 0.25) is 5.91 Å². The molecule has 0 aromatic heterocycles. The summed E-state index contributed by atoms with van der Waals surface area (Å²) in [4.78, 5) is 23.3. The molecule has 3 amide bonds. The Morgan fingerprint density at radius 3 is 2.62 bits per heavy atom. The first-order chi connectivity index (χ1) is 11.5. The number of nitriles is 1. The van der Waals surface area contributed by atoms with Crippen LogP contribution in [0, 0.1) is 17.1 Å². The Kier molecular flexibility index (Phi) is 5.47. The van der Waals surface area contributed by atoms with E-state index in [1.54, 1.807) is 24.3 Å². The molecule has 2 rings (SSSR count). The van der Waals surface area contributed by atoms with Crippen LogP contribution in [0.4, 0.5) is 14.9 Å². The number of hydrogen-bond donors (Lipinski definition) is 3. The van der Waals surface area contributed by atoms with E-state index < -0.39 is 23.8 Å². The molecule has 6 nitrogen and oxygen atoms in total. The lowest BCUT2D eigenvalue weighted by Gasteiger charge is -2.18. The average molecular weight is 326 g/mol. The number of carbonyl (C=O) groups is 2. The SMILES string of the molecule is N#Cc1cccc(NC(=O)CC(NC(N)=O)c2ccccc2F)c1. The number of primary amides is 1. The van der Waals surface area contributed by atoms with Crippen LogP contribution in [0.1, 0.15) is 23.6 Å². The standard InChI is InChI=1S/C17H15FN4O2/c18-14-7-2-1-6-13(14)15(22-17(20)24)9-16(23)21-12-5-3-4-11(8-12)10-19/h1-8,15H,9H2,(H,21,23)(H3,20,22,24). The normalized spacial score (nSPS) is 11.2. The van der Waals surface area contributed by atoms with Crippen molar-refractivity contribution in [3.05, 3.63) is 65.5 Å². The van der Waals surface area contributed by atoms with Gasteiger partial charge in [0.05, 0.1) is 24.1 Å². The molecule has 0 bridgehead atoms. The maximum Gasteiger partial charge on any atom is 0.312 e. The zero-order valence-corrected chi connectivity index (χ0v) is 12.6. The van der Waals surface area contributed by atoms with E-state index in [0.717, 1.165) is 0 Å². The second kappa shape index (κ2) is 7.74. The van der Waals surface area contributed by atoms with Crippen molar-refractivity contribution in [3.63, 3.8) is 0 Å². The molecule has 24 heavy (non-hydrogen) atoms. The number of rotatable bonds is 5. The number of nitrogens with zero attached hydrogens (tertiary/aromatic N) is 1. The number of nitrogens with two attached hydrogens (primary N) is 1. The molecule has 0 aliphatic rings. The smallest absolute Gasteiger partial charge is 0.312 e. The van der Waals surface area contributed by atoms with Gasteiger partial charge in [-0.3, -0.25) is 4.79 Å². The Bertz CT molecular complexity index is 801. The Labute approximate surface area is 138 Å². The van der Waals surface area contributed by atoms with Crippen LogP contribution in [0.15, 0.2) is 48.5 Å². The zero-order valence-electron chi connectivity index (χ0n) is 12.6. The van der Waals surface area contributed by atoms with Crippen LogP contribution in [0.2, 0.25) is 0 Å². The monoisotopic (exact) mass is 326 g/mol. The Morgan fingerprint density at radius 2 is 1.96 bits per heavy atom. The molecule has 2 aromatic carbocycles. The maximum absolute atomic E-state index is 13.9. The van der Waals surface area contributed by atoms with Gasteiger partial charge in [-0.05, 0) is 24.3 Å². The number of anilines is 1. The predicted molar refractivity (Wildman–Crippen MR) is 86.3 cm³/mol. The van der Waals surface area contributed by atoms with Crippen molar-refractivity contribution >= 4 is 17.6 Å². The van der Waals surface area contributed by atoms with E-state index in [2.05, 4.69) is 10.6 Å². The van der Waals surface area contributed by atoms with Gasteiger partial charge >= 0.3 is 6.03 Å². The lowest BCUT2D eigenvalue weighted by atomic mass is 10.0. The summed E-state index contributed by atoms with van der Waals surface area (Å²) >= 11 is 0. The van der Waals surface area contributed by atoms with Gasteiger partial charge in [-0.2, -0.15) is 5.26 Å². The van der Waals surface area contributed by atoms with Gasteiger partial charge in [-0.25, -0.2) is 9.18 Å². The summed E-state index contributed by atoms with van der Waals surface area (Å²) < 4.78 is 13.9. The molecule has 0 heterocycles. The van der Waals surface area contributed by atoms with Crippen LogP contribution in [0.25, 0.3) is 0 Å². The summed E-state index contributed by atoms with van der Waals surface area (Å²) in [5.74, 6) is -0.998. The minimum absolute atomic E-state index is 0.164. The highest BCUT2D eigenvalue weighted by Crippen LogP contribution is 2.21. The molecule has 0 saturated heterocycles. The molecule has 1 unspecified atom stereocenters. The molecule has 1 atom stereocenters. The zero-order chi connectivity index (χ0) is 17.5. The molecule has 0 fully saturated rings. The molecular formula is C17H15FN4O2. The fraction of sp³-hybridized carbons (Fsp3) is 0.118. The first kappa shape index (κ1) is 17.0. The number of carbonyl (C=O) groups excluding carboxylic acids is 2. The summed E-state index contributed by atoms with van der Waals surface area (Å²) in [6.07, 6.45) is -0.208. The largest absolute Gasteiger partial charge is 0.352 e. The van der Waals surface area contributed by atoms with Crippen LogP contribution >= 0.6 is 0 Å². The Balaban J connectivity index is 2.14. The first-order valence-electron chi connectivity index (χ1n) is 7.10. The number of urea groups is 1. The van der Waals surface area contributed by atoms with E-state index in [1.807, 2.05) is 6.07 Å². The highest BCUT2D eigenvalue weighted by atomic mass is 19.1. The van der Waals surface area contributed by atoms with Crippen molar-refractivity contribution in [3.8, 4) is 6.07 Å². The number of hydrogen-bond acceptors (Lipinski definition) is 3. The van der Waals surface area contributed by atoms with Gasteiger partial charge in [0.1, 0.15) is 5.82 Å². The third kappa shape index (κ3) is 4.55. The van der Waals surface area contributed by atoms with E-state index in [-0.39, 0.29) is 12.0 Å². The quantitative estimate of drug-likeness (QED) is 0.785. The molecule has 2 aromatic rings. The maximum atomic E-state index is 13.9. The highest BCUT2D eigenvalue weighted by Gasteiger charge is 2.20. The summed E-state index contributed by atoms with van der Waals surface area (Å²) in [7, 11) is 0. The van der Waals surface area contributed by atoms with Crippen LogP contribution in [-0.2, 0) is 4.79 Å². The molecule has 0 radical (unpaired) electrons. The fourth-order valence-corrected chi connectivity index (χ4v) is 2.23. The second-order valence-electron chi connectivity index (χ2n) is 5.03. The first-order valence-corrected chi connectivity index (χ1v) is 7.10. The van der Waals surface area contributed by atoms with Crippen molar-refractivity contribution in [2.45, 2.75) is 12.5 Å². The van der Waals surface area contributed by atoms with Gasteiger partial charge in [-0.1, -0.05) is 24.3 Å². The van der Waals surface area contributed by atoms with Crippen LogP contribution in [0.3, 0.4) is 0 Å². The lowest BCUT2D eigenvalue weighted by molar-refractivity contribution is -0.116. The van der Waals surface area contributed by atoms with E-state index in [9.17, 15) is 14.0 Å². The minimum atomic E-state index is -0.900. The van der Waals surface area contributed by atoms with Gasteiger partial charge in [0.25, 0.3) is 0 Å². The summed E-state index contributed by atoms with van der Waals surface area (Å²) in [6.45, 7) is 0. The average Bonchev–Trinajstić information content (AvgIpc) is 2.54. The van der Waals surface area contributed by atoms with Crippen LogP contribution in [-0.4, -0.2) is 11.9 Å². The summed E-state index contributed by atoms with van der Waals surface area (Å²) in [6, 6.07) is 12.4. The number of halogens is 1. The highest BCUT2D eigenvalue weighted by molar-refractivity contribution is 5.91. The molecule has 4 N–H and O–H groups in total. The van der Waals surface area contributed by atoms with Crippen LogP contribution < -0.4 is 16.4 Å². The summed E-state index contributed by atoms with van der Waals surface area (Å²) in [5, 5.41) is 13.8. The molecule has 122 valence electrons. The van der Waals surface area contributed by atoms with E-state index in [1.165, 1.54) is 24.3 Å². The Hall–Kier alpha value is -3.40. The van der Waals surface area contributed by atoms with Crippen molar-refractivity contribution < 1.29 is 14.0 Å². The van der Waals surface area contributed by atoms with Crippen molar-refractivity contribution in [2.75, 3.05) is 5.32 Å². The number of nitrogens with one attached hydrogen (secondary N) is 2. The summed E-state index contributed by atoms with van der Waals surface area (Å²) in [5.41, 5.74) is 6.10. The topological polar surface area (TPSA) is 108 Å². The minimum Gasteiger partial charge on any atom is -0.352 e. The number of benzene rings is 2. The fourth-order valence-electron chi connectivity index (χ4n) is 2.23. The van der Waals surface area contributed by atoms with Gasteiger partial charge in [0.15, 0.2) is 0 Å². The van der Waals surface area contributed by atoms with Gasteiger partial charge in [0, 0.05) is 11.3 Å². The molecule has 0 aliphatic carbocycles. The number of amides is 3. The molecule has 0 aliphatic heterocycles. The van der Waals surface area contributed by atoms with Gasteiger partial charge in [-0.15, -0.1) is 0 Å². The molecule has 7 heteroatoms. The lowest BCUT2D eigenvalue weighted by Crippen LogP contribution is -2.35.